The molecule has 0 spiro atoms. The summed E-state index contributed by atoms with van der Waals surface area (Å²) >= 11 is 6.01. The molecule has 1 aromatic heterocycles. The molecule has 0 saturated heterocycles. The monoisotopic (exact) mass is 356 g/mol. The quantitative estimate of drug-likeness (QED) is 0.749. The number of nitrogens with one attached hydrogen (secondary N) is 1. The first-order valence-electron chi connectivity index (χ1n) is 7.62. The van der Waals surface area contributed by atoms with Gasteiger partial charge in [-0.25, -0.2) is 0 Å². The van der Waals surface area contributed by atoms with E-state index in [-0.39, 0.29) is 5.91 Å². The molecule has 0 atom stereocenters. The first-order chi connectivity index (χ1) is 12.0. The zero-order valence-corrected chi connectivity index (χ0v) is 14.8. The van der Waals surface area contributed by atoms with Crippen molar-refractivity contribution in [3.63, 3.8) is 0 Å². The average Bonchev–Trinajstić information content (AvgIpc) is 2.61. The molecule has 1 heterocycles. The molecule has 128 valence electrons. The highest BCUT2D eigenvalue weighted by Crippen LogP contribution is 2.29. The van der Waals surface area contributed by atoms with E-state index in [0.717, 1.165) is 10.9 Å². The Morgan fingerprint density at radius 1 is 1.08 bits per heavy atom. The summed E-state index contributed by atoms with van der Waals surface area (Å²) in [6.45, 7) is 1.80. The van der Waals surface area contributed by atoms with Gasteiger partial charge in [0.05, 0.1) is 36.7 Å². The van der Waals surface area contributed by atoms with E-state index >= 15 is 0 Å². The molecule has 0 fully saturated rings. The molecule has 2 aromatic carbocycles. The lowest BCUT2D eigenvalue weighted by Crippen LogP contribution is -2.15. The predicted molar refractivity (Wildman–Crippen MR) is 99.0 cm³/mol. The largest absolute Gasteiger partial charge is 0.497 e. The highest BCUT2D eigenvalue weighted by atomic mass is 35.5. The van der Waals surface area contributed by atoms with Crippen molar-refractivity contribution >= 4 is 34.1 Å². The molecule has 0 saturated carbocycles. The Morgan fingerprint density at radius 3 is 2.60 bits per heavy atom. The molecule has 0 bridgehead atoms. The van der Waals surface area contributed by atoms with Gasteiger partial charge in [0.1, 0.15) is 11.5 Å². The third kappa shape index (κ3) is 3.51. The first-order valence-corrected chi connectivity index (χ1v) is 8.00. The van der Waals surface area contributed by atoms with Crippen LogP contribution in [0.25, 0.3) is 10.9 Å². The van der Waals surface area contributed by atoms with Crippen molar-refractivity contribution in [2.24, 2.45) is 0 Å². The van der Waals surface area contributed by atoms with Gasteiger partial charge >= 0.3 is 0 Å². The second-order valence-corrected chi connectivity index (χ2v) is 5.92. The molecular formula is C19H17ClN2O3. The normalized spacial score (nSPS) is 10.6. The lowest BCUT2D eigenvalue weighted by molar-refractivity contribution is 0.102. The zero-order valence-electron chi connectivity index (χ0n) is 14.1. The molecule has 0 unspecified atom stereocenters. The Bertz CT molecular complexity index is 957. The fourth-order valence-corrected chi connectivity index (χ4v) is 2.75. The fraction of sp³-hybridized carbons (Fsp3) is 0.158. The first kappa shape index (κ1) is 17.0. The molecule has 3 aromatic rings. The van der Waals surface area contributed by atoms with Crippen LogP contribution in [0.2, 0.25) is 5.02 Å². The van der Waals surface area contributed by atoms with Crippen LogP contribution in [-0.4, -0.2) is 25.1 Å². The number of methoxy groups -OCH3 is 2. The van der Waals surface area contributed by atoms with Gasteiger partial charge in [0, 0.05) is 10.4 Å². The van der Waals surface area contributed by atoms with E-state index in [9.17, 15) is 4.79 Å². The number of benzene rings is 2. The summed E-state index contributed by atoms with van der Waals surface area (Å²) in [4.78, 5) is 17.2. The van der Waals surface area contributed by atoms with Crippen molar-refractivity contribution < 1.29 is 14.3 Å². The summed E-state index contributed by atoms with van der Waals surface area (Å²) < 4.78 is 10.5. The minimum absolute atomic E-state index is 0.282. The van der Waals surface area contributed by atoms with Crippen molar-refractivity contribution in [3.05, 3.63) is 58.7 Å². The van der Waals surface area contributed by atoms with Crippen LogP contribution >= 0.6 is 11.6 Å². The van der Waals surface area contributed by atoms with Gasteiger partial charge in [-0.3, -0.25) is 9.78 Å². The number of aryl methyl sites for hydroxylation is 1. The maximum absolute atomic E-state index is 12.7. The minimum Gasteiger partial charge on any atom is -0.497 e. The van der Waals surface area contributed by atoms with E-state index in [4.69, 9.17) is 21.1 Å². The molecular weight excluding hydrogens is 340 g/mol. The van der Waals surface area contributed by atoms with Crippen molar-refractivity contribution in [2.45, 2.75) is 6.92 Å². The molecule has 25 heavy (non-hydrogen) atoms. The lowest BCUT2D eigenvalue weighted by Gasteiger charge is -2.12. The summed E-state index contributed by atoms with van der Waals surface area (Å²) in [5, 5.41) is 4.17. The highest BCUT2D eigenvalue weighted by molar-refractivity contribution is 6.31. The van der Waals surface area contributed by atoms with Gasteiger partial charge in [0.25, 0.3) is 5.91 Å². The van der Waals surface area contributed by atoms with Crippen LogP contribution in [0.1, 0.15) is 16.1 Å². The number of carbonyl (C=O) groups excluding carboxylic acids is 1. The molecule has 5 nitrogen and oxygen atoms in total. The van der Waals surface area contributed by atoms with Gasteiger partial charge in [-0.2, -0.15) is 0 Å². The Kier molecular flexibility index (Phi) is 4.76. The van der Waals surface area contributed by atoms with E-state index in [2.05, 4.69) is 10.3 Å². The Labute approximate surface area is 150 Å². The number of halogens is 1. The topological polar surface area (TPSA) is 60.5 Å². The highest BCUT2D eigenvalue weighted by Gasteiger charge is 2.15. The minimum atomic E-state index is -0.282. The SMILES string of the molecule is COc1ccc2nc(C)c(C(=O)Nc3cc(Cl)ccc3OC)cc2c1. The maximum Gasteiger partial charge on any atom is 0.257 e. The lowest BCUT2D eigenvalue weighted by atomic mass is 10.1. The summed E-state index contributed by atoms with van der Waals surface area (Å²) in [5.74, 6) is 0.960. The maximum atomic E-state index is 12.7. The van der Waals surface area contributed by atoms with E-state index in [0.29, 0.717) is 33.5 Å². The van der Waals surface area contributed by atoms with Crippen LogP contribution in [0, 0.1) is 6.92 Å². The zero-order chi connectivity index (χ0) is 18.0. The number of ether oxygens (including phenoxy) is 2. The Morgan fingerprint density at radius 2 is 1.88 bits per heavy atom. The van der Waals surface area contributed by atoms with Crippen LogP contribution in [0.15, 0.2) is 42.5 Å². The molecule has 3 rings (SSSR count). The van der Waals surface area contributed by atoms with Gasteiger partial charge in [-0.05, 0) is 49.4 Å². The molecule has 6 heteroatoms. The van der Waals surface area contributed by atoms with Gasteiger partial charge in [-0.15, -0.1) is 0 Å². The number of aromatic nitrogens is 1. The van der Waals surface area contributed by atoms with Crippen molar-refractivity contribution in [1.82, 2.24) is 4.98 Å². The Balaban J connectivity index is 1.99. The van der Waals surface area contributed by atoms with Crippen LogP contribution < -0.4 is 14.8 Å². The second-order valence-electron chi connectivity index (χ2n) is 5.48. The summed E-state index contributed by atoms with van der Waals surface area (Å²) in [5.41, 5.74) is 2.42. The molecule has 1 amide bonds. The van der Waals surface area contributed by atoms with Gasteiger partial charge in [0.15, 0.2) is 0 Å². The number of anilines is 1. The van der Waals surface area contributed by atoms with Gasteiger partial charge in [0.2, 0.25) is 0 Å². The molecule has 0 radical (unpaired) electrons. The number of fused-ring (bicyclic) bond motifs is 1. The number of pyridine rings is 1. The average molecular weight is 357 g/mol. The van der Waals surface area contributed by atoms with Crippen LogP contribution in [0.3, 0.4) is 0 Å². The number of amides is 1. The number of rotatable bonds is 4. The molecule has 1 N–H and O–H groups in total. The van der Waals surface area contributed by atoms with Gasteiger partial charge in [-0.1, -0.05) is 11.6 Å². The third-order valence-corrected chi connectivity index (χ3v) is 4.10. The molecule has 0 aliphatic heterocycles. The summed E-state index contributed by atoms with van der Waals surface area (Å²) in [6.07, 6.45) is 0. The summed E-state index contributed by atoms with van der Waals surface area (Å²) in [6, 6.07) is 12.4. The second kappa shape index (κ2) is 6.99. The standard InChI is InChI=1S/C19H17ClN2O3/c1-11-15(9-12-8-14(24-2)5-6-16(12)21-11)19(23)22-17-10-13(20)4-7-18(17)25-3/h4-10H,1-3H3,(H,22,23). The van der Waals surface area contributed by atoms with Crippen LogP contribution in [0.4, 0.5) is 5.69 Å². The van der Waals surface area contributed by atoms with E-state index in [1.807, 2.05) is 18.2 Å². The number of hydrogen-bond donors (Lipinski definition) is 1. The van der Waals surface area contributed by atoms with Crippen LogP contribution in [0.5, 0.6) is 11.5 Å². The fourth-order valence-electron chi connectivity index (χ4n) is 2.58. The number of nitrogens with zero attached hydrogens (tertiary/aromatic N) is 1. The number of carbonyl (C=O) groups is 1. The van der Waals surface area contributed by atoms with Crippen molar-refractivity contribution in [2.75, 3.05) is 19.5 Å². The van der Waals surface area contributed by atoms with Crippen LogP contribution in [-0.2, 0) is 0 Å². The van der Waals surface area contributed by atoms with Gasteiger partial charge < -0.3 is 14.8 Å². The molecule has 0 aliphatic rings. The predicted octanol–water partition coefficient (Wildman–Crippen LogP) is 4.47. The number of hydrogen-bond acceptors (Lipinski definition) is 4. The summed E-state index contributed by atoms with van der Waals surface area (Å²) in [7, 11) is 3.13. The third-order valence-electron chi connectivity index (χ3n) is 3.87. The molecule has 0 aliphatic carbocycles. The smallest absolute Gasteiger partial charge is 0.257 e. The van der Waals surface area contributed by atoms with Crippen molar-refractivity contribution in [3.8, 4) is 11.5 Å². The van der Waals surface area contributed by atoms with E-state index in [1.165, 1.54) is 7.11 Å². The Hall–Kier alpha value is -2.79. The van der Waals surface area contributed by atoms with E-state index < -0.39 is 0 Å². The van der Waals surface area contributed by atoms with E-state index in [1.54, 1.807) is 38.3 Å². The van der Waals surface area contributed by atoms with Crippen molar-refractivity contribution in [1.29, 1.82) is 0 Å².